The highest BCUT2D eigenvalue weighted by atomic mass is 15.3. The maximum Gasteiger partial charge on any atom is 0.124 e. The van der Waals surface area contributed by atoms with Gasteiger partial charge in [0, 0.05) is 18.2 Å². The number of nitrogens with zero attached hydrogens (tertiary/aromatic N) is 2. The van der Waals surface area contributed by atoms with Gasteiger partial charge in [-0.2, -0.15) is 5.10 Å². The molecule has 0 atom stereocenters. The van der Waals surface area contributed by atoms with E-state index in [1.165, 1.54) is 5.56 Å². The first-order valence-corrected chi connectivity index (χ1v) is 4.96. The second-order valence-corrected chi connectivity index (χ2v) is 3.80. The highest BCUT2D eigenvalue weighted by molar-refractivity contribution is 5.70. The lowest BCUT2D eigenvalue weighted by atomic mass is 10.0. The summed E-state index contributed by atoms with van der Waals surface area (Å²) >= 11 is 0. The van der Waals surface area contributed by atoms with Crippen molar-refractivity contribution in [2.75, 3.05) is 5.73 Å². The van der Waals surface area contributed by atoms with Gasteiger partial charge >= 0.3 is 0 Å². The molecular formula is C12H15N3. The fourth-order valence-corrected chi connectivity index (χ4v) is 1.74. The minimum Gasteiger partial charge on any atom is -0.384 e. The Labute approximate surface area is 89.5 Å². The summed E-state index contributed by atoms with van der Waals surface area (Å²) in [6, 6.07) is 8.21. The molecule has 3 nitrogen and oxygen atoms in total. The van der Waals surface area contributed by atoms with E-state index in [-0.39, 0.29) is 0 Å². The molecule has 2 rings (SSSR count). The zero-order valence-corrected chi connectivity index (χ0v) is 9.28. The summed E-state index contributed by atoms with van der Waals surface area (Å²) in [6.45, 7) is 4.09. The molecule has 2 N–H and O–H groups in total. The minimum absolute atomic E-state index is 0.730. The average Bonchev–Trinajstić information content (AvgIpc) is 2.47. The highest BCUT2D eigenvalue weighted by Crippen LogP contribution is 2.27. The molecule has 0 saturated heterocycles. The highest BCUT2D eigenvalue weighted by Gasteiger charge is 2.12. The van der Waals surface area contributed by atoms with E-state index in [0.717, 1.165) is 22.6 Å². The monoisotopic (exact) mass is 201 g/mol. The molecule has 78 valence electrons. The van der Waals surface area contributed by atoms with Gasteiger partial charge in [-0.15, -0.1) is 0 Å². The maximum absolute atomic E-state index is 5.89. The van der Waals surface area contributed by atoms with Crippen molar-refractivity contribution in [2.24, 2.45) is 7.05 Å². The zero-order chi connectivity index (χ0) is 11.0. The summed E-state index contributed by atoms with van der Waals surface area (Å²) in [5.41, 5.74) is 10.3. The largest absolute Gasteiger partial charge is 0.384 e. The molecule has 1 aromatic heterocycles. The van der Waals surface area contributed by atoms with Gasteiger partial charge in [0.1, 0.15) is 5.82 Å². The van der Waals surface area contributed by atoms with E-state index in [9.17, 15) is 0 Å². The second kappa shape index (κ2) is 3.42. The molecule has 1 aromatic carbocycles. The van der Waals surface area contributed by atoms with Crippen LogP contribution in [0.4, 0.5) is 5.82 Å². The lowest BCUT2D eigenvalue weighted by molar-refractivity contribution is 0.782. The summed E-state index contributed by atoms with van der Waals surface area (Å²) in [4.78, 5) is 0. The van der Waals surface area contributed by atoms with Gasteiger partial charge in [-0.1, -0.05) is 24.3 Å². The van der Waals surface area contributed by atoms with Crippen molar-refractivity contribution in [3.63, 3.8) is 0 Å². The van der Waals surface area contributed by atoms with E-state index in [1.807, 2.05) is 26.1 Å². The summed E-state index contributed by atoms with van der Waals surface area (Å²) in [5, 5.41) is 4.43. The third kappa shape index (κ3) is 1.50. The van der Waals surface area contributed by atoms with Crippen LogP contribution in [0.25, 0.3) is 11.3 Å². The normalized spacial score (nSPS) is 10.6. The molecule has 0 aliphatic carbocycles. The number of benzene rings is 1. The van der Waals surface area contributed by atoms with Crippen LogP contribution in [-0.2, 0) is 7.05 Å². The summed E-state index contributed by atoms with van der Waals surface area (Å²) in [5.74, 6) is 0.730. The lowest BCUT2D eigenvalue weighted by Gasteiger charge is -2.02. The van der Waals surface area contributed by atoms with Gasteiger partial charge in [0.05, 0.1) is 5.69 Å². The van der Waals surface area contributed by atoms with Gasteiger partial charge in [0.15, 0.2) is 0 Å². The van der Waals surface area contributed by atoms with Gasteiger partial charge in [-0.3, -0.25) is 4.68 Å². The van der Waals surface area contributed by atoms with Crippen LogP contribution in [0.2, 0.25) is 0 Å². The standard InChI is InChI=1S/C12H15N3/c1-8-6-4-5-7-10(8)11-9(2)12(13)15(3)14-11/h4-7H,13H2,1-3H3. The Balaban J connectivity index is 2.65. The van der Waals surface area contributed by atoms with Crippen molar-refractivity contribution in [3.8, 4) is 11.3 Å². The van der Waals surface area contributed by atoms with Crippen LogP contribution in [0.5, 0.6) is 0 Å². The number of rotatable bonds is 1. The third-order valence-electron chi connectivity index (χ3n) is 2.74. The number of nitrogen functional groups attached to an aromatic ring is 1. The van der Waals surface area contributed by atoms with Crippen LogP contribution in [0.1, 0.15) is 11.1 Å². The van der Waals surface area contributed by atoms with Crippen molar-refractivity contribution in [2.45, 2.75) is 13.8 Å². The fourth-order valence-electron chi connectivity index (χ4n) is 1.74. The smallest absolute Gasteiger partial charge is 0.124 e. The third-order valence-corrected chi connectivity index (χ3v) is 2.74. The average molecular weight is 201 g/mol. The van der Waals surface area contributed by atoms with Crippen LogP contribution in [0.3, 0.4) is 0 Å². The number of anilines is 1. The van der Waals surface area contributed by atoms with Crippen molar-refractivity contribution in [1.82, 2.24) is 9.78 Å². The molecule has 0 radical (unpaired) electrons. The minimum atomic E-state index is 0.730. The van der Waals surface area contributed by atoms with E-state index in [0.29, 0.717) is 0 Å². The Bertz CT molecular complexity index is 498. The maximum atomic E-state index is 5.89. The molecular weight excluding hydrogens is 186 g/mol. The predicted molar refractivity (Wildman–Crippen MR) is 62.5 cm³/mol. The van der Waals surface area contributed by atoms with Crippen LogP contribution in [0, 0.1) is 13.8 Å². The first-order chi connectivity index (χ1) is 7.11. The topological polar surface area (TPSA) is 43.8 Å². The molecule has 0 unspecified atom stereocenters. The number of aromatic nitrogens is 2. The van der Waals surface area contributed by atoms with Gasteiger partial charge < -0.3 is 5.73 Å². The molecule has 0 spiro atoms. The fraction of sp³-hybridized carbons (Fsp3) is 0.250. The van der Waals surface area contributed by atoms with Crippen LogP contribution >= 0.6 is 0 Å². The Morgan fingerprint density at radius 3 is 2.40 bits per heavy atom. The first kappa shape index (κ1) is 9.77. The van der Waals surface area contributed by atoms with Crippen LogP contribution in [0.15, 0.2) is 24.3 Å². The lowest BCUT2D eigenvalue weighted by Crippen LogP contribution is -1.97. The Morgan fingerprint density at radius 1 is 1.20 bits per heavy atom. The van der Waals surface area contributed by atoms with Crippen LogP contribution < -0.4 is 5.73 Å². The molecule has 0 aliphatic rings. The molecule has 1 heterocycles. The van der Waals surface area contributed by atoms with E-state index in [1.54, 1.807) is 4.68 Å². The van der Waals surface area contributed by atoms with Crippen LogP contribution in [-0.4, -0.2) is 9.78 Å². The van der Waals surface area contributed by atoms with Gasteiger partial charge in [-0.05, 0) is 19.4 Å². The molecule has 0 fully saturated rings. The molecule has 0 bridgehead atoms. The van der Waals surface area contributed by atoms with Gasteiger partial charge in [-0.25, -0.2) is 0 Å². The van der Waals surface area contributed by atoms with Crippen molar-refractivity contribution in [1.29, 1.82) is 0 Å². The molecule has 15 heavy (non-hydrogen) atoms. The summed E-state index contributed by atoms with van der Waals surface area (Å²) in [7, 11) is 1.87. The molecule has 3 heteroatoms. The molecule has 0 saturated carbocycles. The second-order valence-electron chi connectivity index (χ2n) is 3.80. The number of hydrogen-bond acceptors (Lipinski definition) is 2. The summed E-state index contributed by atoms with van der Waals surface area (Å²) in [6.07, 6.45) is 0. The Kier molecular flexibility index (Phi) is 2.23. The van der Waals surface area contributed by atoms with Gasteiger partial charge in [0.2, 0.25) is 0 Å². The number of hydrogen-bond donors (Lipinski definition) is 1. The van der Waals surface area contributed by atoms with E-state index in [2.05, 4.69) is 24.2 Å². The van der Waals surface area contributed by atoms with Crippen molar-refractivity contribution >= 4 is 5.82 Å². The van der Waals surface area contributed by atoms with E-state index < -0.39 is 0 Å². The van der Waals surface area contributed by atoms with Gasteiger partial charge in [0.25, 0.3) is 0 Å². The molecule has 0 amide bonds. The zero-order valence-electron chi connectivity index (χ0n) is 9.28. The van der Waals surface area contributed by atoms with Crippen molar-refractivity contribution in [3.05, 3.63) is 35.4 Å². The van der Waals surface area contributed by atoms with E-state index >= 15 is 0 Å². The SMILES string of the molecule is Cc1ccccc1-c1nn(C)c(N)c1C. The molecule has 0 aliphatic heterocycles. The first-order valence-electron chi connectivity index (χ1n) is 4.96. The quantitative estimate of drug-likeness (QED) is 0.769. The number of nitrogens with two attached hydrogens (primary N) is 1. The Morgan fingerprint density at radius 2 is 1.87 bits per heavy atom. The molecule has 2 aromatic rings. The van der Waals surface area contributed by atoms with E-state index in [4.69, 9.17) is 5.73 Å². The Hall–Kier alpha value is -1.77. The van der Waals surface area contributed by atoms with Crippen molar-refractivity contribution < 1.29 is 0 Å². The number of aryl methyl sites for hydroxylation is 2. The summed E-state index contributed by atoms with van der Waals surface area (Å²) < 4.78 is 1.72. The predicted octanol–water partition coefficient (Wildman–Crippen LogP) is 2.29.